The lowest BCUT2D eigenvalue weighted by Gasteiger charge is -2.22. The average molecular weight is 258 g/mol. The van der Waals surface area contributed by atoms with Crippen LogP contribution in [0.3, 0.4) is 0 Å². The lowest BCUT2D eigenvalue weighted by molar-refractivity contribution is -0.227. The average Bonchev–Trinajstić information content (AvgIpc) is 2.06. The Morgan fingerprint density at radius 3 is 2.12 bits per heavy atom. The molecule has 1 N–H and O–H groups in total. The smallest absolute Gasteiger partial charge is 0.415 e. The van der Waals surface area contributed by atoms with Crippen LogP contribution >= 0.6 is 0 Å². The molecule has 0 aromatic heterocycles. The Bertz CT molecular complexity index is 245. The van der Waals surface area contributed by atoms with Gasteiger partial charge in [-0.15, -0.1) is 0 Å². The van der Waals surface area contributed by atoms with Crippen LogP contribution < -0.4 is 0 Å². The van der Waals surface area contributed by atoms with Crippen LogP contribution in [0, 0.1) is 0 Å². The molecule has 0 rings (SSSR count). The van der Waals surface area contributed by atoms with Gasteiger partial charge in [0, 0.05) is 0 Å². The molecule has 0 saturated heterocycles. The zero-order valence-electron chi connectivity index (χ0n) is 10.0. The van der Waals surface area contributed by atoms with E-state index in [2.05, 4.69) is 4.74 Å². The van der Waals surface area contributed by atoms with Crippen LogP contribution in [0.4, 0.5) is 13.2 Å². The molecule has 0 fully saturated rings. The number of hydrogen-bond acceptors (Lipinski definition) is 3. The van der Waals surface area contributed by atoms with E-state index >= 15 is 0 Å². The number of ether oxygens (including phenoxy) is 2. The molecule has 1 unspecified atom stereocenters. The normalized spacial score (nSPS) is 14.7. The minimum Gasteiger partial charge on any atom is -0.481 e. The standard InChI is InChI=1S/C10H17F3O4/c1-9(2,3)17-5-4-16-7(6-8(14)15)10(11,12)13/h7H,4-6H2,1-3H3,(H,14,15). The number of carboxylic acid groups (broad SMARTS) is 1. The number of carbonyl (C=O) groups is 1. The number of aliphatic carboxylic acids is 1. The van der Waals surface area contributed by atoms with Crippen LogP contribution in [0.1, 0.15) is 27.2 Å². The Balaban J connectivity index is 4.06. The Labute approximate surface area is 97.7 Å². The SMILES string of the molecule is CC(C)(C)OCCOC(CC(=O)O)C(F)(F)F. The largest absolute Gasteiger partial charge is 0.481 e. The Kier molecular flexibility index (Phi) is 5.91. The minimum absolute atomic E-state index is 0.0182. The van der Waals surface area contributed by atoms with Crippen molar-refractivity contribution in [2.24, 2.45) is 0 Å². The van der Waals surface area contributed by atoms with Crippen LogP contribution in [-0.2, 0) is 14.3 Å². The maximum absolute atomic E-state index is 12.3. The third kappa shape index (κ3) is 8.93. The molecule has 102 valence electrons. The highest BCUT2D eigenvalue weighted by Gasteiger charge is 2.42. The first kappa shape index (κ1) is 16.2. The summed E-state index contributed by atoms with van der Waals surface area (Å²) in [5.41, 5.74) is -0.468. The molecule has 0 aliphatic rings. The molecule has 1 atom stereocenters. The summed E-state index contributed by atoms with van der Waals surface area (Å²) in [6, 6.07) is 0. The molecule has 0 bridgehead atoms. The van der Waals surface area contributed by atoms with Gasteiger partial charge in [-0.2, -0.15) is 13.2 Å². The molecule has 0 radical (unpaired) electrons. The molecule has 0 aliphatic heterocycles. The van der Waals surface area contributed by atoms with Crippen LogP contribution in [0.2, 0.25) is 0 Å². The second-order valence-corrected chi connectivity index (χ2v) is 4.46. The summed E-state index contributed by atoms with van der Waals surface area (Å²) in [4.78, 5) is 10.2. The molecule has 0 aromatic carbocycles. The summed E-state index contributed by atoms with van der Waals surface area (Å²) < 4.78 is 46.6. The summed E-state index contributed by atoms with van der Waals surface area (Å²) in [6.07, 6.45) is -8.07. The Morgan fingerprint density at radius 2 is 1.76 bits per heavy atom. The van der Waals surface area contributed by atoms with Crippen molar-refractivity contribution in [1.82, 2.24) is 0 Å². The van der Waals surface area contributed by atoms with Crippen molar-refractivity contribution in [3.05, 3.63) is 0 Å². The second kappa shape index (κ2) is 6.20. The van der Waals surface area contributed by atoms with Crippen LogP contribution in [-0.4, -0.2) is 42.2 Å². The van der Waals surface area contributed by atoms with E-state index in [1.165, 1.54) is 0 Å². The summed E-state index contributed by atoms with van der Waals surface area (Å²) in [5.74, 6) is -1.55. The van der Waals surface area contributed by atoms with Gasteiger partial charge in [0.15, 0.2) is 6.10 Å². The van der Waals surface area contributed by atoms with Gasteiger partial charge in [0.2, 0.25) is 0 Å². The molecular weight excluding hydrogens is 241 g/mol. The number of hydrogen-bond donors (Lipinski definition) is 1. The Morgan fingerprint density at radius 1 is 1.24 bits per heavy atom. The van der Waals surface area contributed by atoms with Gasteiger partial charge < -0.3 is 14.6 Å². The maximum atomic E-state index is 12.3. The number of alkyl halides is 3. The van der Waals surface area contributed by atoms with E-state index in [-0.39, 0.29) is 13.2 Å². The highest BCUT2D eigenvalue weighted by molar-refractivity contribution is 5.67. The van der Waals surface area contributed by atoms with Crippen molar-refractivity contribution in [3.8, 4) is 0 Å². The van der Waals surface area contributed by atoms with Crippen LogP contribution in [0.5, 0.6) is 0 Å². The third-order valence-electron chi connectivity index (χ3n) is 1.66. The van der Waals surface area contributed by atoms with E-state index in [0.29, 0.717) is 0 Å². The molecule has 0 heterocycles. The first-order valence-corrected chi connectivity index (χ1v) is 5.06. The van der Waals surface area contributed by atoms with E-state index in [4.69, 9.17) is 9.84 Å². The zero-order valence-corrected chi connectivity index (χ0v) is 10.0. The van der Waals surface area contributed by atoms with E-state index in [1.807, 2.05) is 0 Å². The van der Waals surface area contributed by atoms with Gasteiger partial charge in [-0.1, -0.05) is 0 Å². The quantitative estimate of drug-likeness (QED) is 0.742. The third-order valence-corrected chi connectivity index (χ3v) is 1.66. The molecule has 0 aliphatic carbocycles. The van der Waals surface area contributed by atoms with Crippen LogP contribution in [0.25, 0.3) is 0 Å². The van der Waals surface area contributed by atoms with Gasteiger partial charge >= 0.3 is 12.1 Å². The maximum Gasteiger partial charge on any atom is 0.415 e. The lowest BCUT2D eigenvalue weighted by Crippen LogP contribution is -2.35. The predicted molar refractivity (Wildman–Crippen MR) is 53.8 cm³/mol. The minimum atomic E-state index is -4.68. The lowest BCUT2D eigenvalue weighted by atomic mass is 10.2. The molecule has 0 saturated carbocycles. The summed E-state index contributed by atoms with van der Waals surface area (Å²) in [7, 11) is 0. The van der Waals surface area contributed by atoms with E-state index < -0.39 is 30.3 Å². The highest BCUT2D eigenvalue weighted by Crippen LogP contribution is 2.25. The highest BCUT2D eigenvalue weighted by atomic mass is 19.4. The first-order chi connectivity index (χ1) is 7.52. The van der Waals surface area contributed by atoms with Gasteiger partial charge in [0.25, 0.3) is 0 Å². The number of rotatable bonds is 6. The van der Waals surface area contributed by atoms with Crippen LogP contribution in [0.15, 0.2) is 0 Å². The van der Waals surface area contributed by atoms with E-state index in [9.17, 15) is 18.0 Å². The molecule has 7 heteroatoms. The molecule has 17 heavy (non-hydrogen) atoms. The van der Waals surface area contributed by atoms with Crippen molar-refractivity contribution in [3.63, 3.8) is 0 Å². The predicted octanol–water partition coefficient (Wildman–Crippen LogP) is 2.22. The second-order valence-electron chi connectivity index (χ2n) is 4.46. The molecule has 0 amide bonds. The first-order valence-electron chi connectivity index (χ1n) is 5.06. The summed E-state index contributed by atoms with van der Waals surface area (Å²) in [5, 5.41) is 8.32. The van der Waals surface area contributed by atoms with Gasteiger partial charge in [-0.25, -0.2) is 0 Å². The fourth-order valence-corrected chi connectivity index (χ4v) is 0.966. The van der Waals surface area contributed by atoms with Crippen molar-refractivity contribution in [2.75, 3.05) is 13.2 Å². The fourth-order valence-electron chi connectivity index (χ4n) is 0.966. The molecular formula is C10H17F3O4. The van der Waals surface area contributed by atoms with Gasteiger partial charge in [0.05, 0.1) is 25.2 Å². The number of carboxylic acids is 1. The Hall–Kier alpha value is -0.820. The van der Waals surface area contributed by atoms with Gasteiger partial charge in [-0.05, 0) is 20.8 Å². The molecule has 0 spiro atoms. The summed E-state index contributed by atoms with van der Waals surface area (Å²) >= 11 is 0. The summed E-state index contributed by atoms with van der Waals surface area (Å²) in [6.45, 7) is 4.95. The van der Waals surface area contributed by atoms with Crippen molar-refractivity contribution in [2.45, 2.75) is 45.1 Å². The zero-order chi connectivity index (χ0) is 13.7. The van der Waals surface area contributed by atoms with Crippen molar-refractivity contribution in [1.29, 1.82) is 0 Å². The topological polar surface area (TPSA) is 55.8 Å². The number of halogens is 3. The monoisotopic (exact) mass is 258 g/mol. The molecule has 0 aromatic rings. The van der Waals surface area contributed by atoms with Crippen molar-refractivity contribution < 1.29 is 32.5 Å². The van der Waals surface area contributed by atoms with E-state index in [1.54, 1.807) is 20.8 Å². The fraction of sp³-hybridized carbons (Fsp3) is 0.900. The van der Waals surface area contributed by atoms with Gasteiger partial charge in [-0.3, -0.25) is 4.79 Å². The molecule has 4 nitrogen and oxygen atoms in total. The van der Waals surface area contributed by atoms with Crippen molar-refractivity contribution >= 4 is 5.97 Å². The van der Waals surface area contributed by atoms with E-state index in [0.717, 1.165) is 0 Å². The van der Waals surface area contributed by atoms with Gasteiger partial charge in [0.1, 0.15) is 0 Å².